The first kappa shape index (κ1) is 14.8. The van der Waals surface area contributed by atoms with Crippen LogP contribution in [0.15, 0.2) is 85.7 Å². The van der Waals surface area contributed by atoms with Crippen LogP contribution in [0.1, 0.15) is 22.0 Å². The highest BCUT2D eigenvalue weighted by molar-refractivity contribution is 14.2. The van der Waals surface area contributed by atoms with Crippen LogP contribution in [0.25, 0.3) is 0 Å². The molecular formula is C18H15IN2O. The molecule has 22 heavy (non-hydrogen) atoms. The van der Waals surface area contributed by atoms with E-state index >= 15 is 0 Å². The average Bonchev–Trinajstić information content (AvgIpc) is 2.62. The number of hydrogen-bond acceptors (Lipinski definition) is 2. The van der Waals surface area contributed by atoms with Gasteiger partial charge in [-0.3, -0.25) is 4.79 Å². The third-order valence-electron chi connectivity index (χ3n) is 3.28. The van der Waals surface area contributed by atoms with E-state index in [0.29, 0.717) is 5.56 Å². The molecule has 0 saturated carbocycles. The Morgan fingerprint density at radius 2 is 1.68 bits per heavy atom. The molecule has 0 saturated heterocycles. The number of halogens is 1. The minimum atomic E-state index is -0.307. The molecule has 0 aromatic heterocycles. The number of allylic oxidation sites excluding steroid dienone is 2. The quantitative estimate of drug-likeness (QED) is 0.739. The Balaban J connectivity index is 1.89. The lowest BCUT2D eigenvalue weighted by Crippen LogP contribution is -2.29. The molecule has 1 amide bonds. The maximum Gasteiger partial charge on any atom is 0.252 e. The van der Waals surface area contributed by atoms with E-state index in [4.69, 9.17) is 0 Å². The monoisotopic (exact) mass is 402 g/mol. The van der Waals surface area contributed by atoms with Crippen molar-refractivity contribution in [2.24, 2.45) is 3.15 Å². The molecule has 2 aromatic rings. The normalized spacial score (nSPS) is 14.6. The first-order valence-corrected chi connectivity index (χ1v) is 9.17. The van der Waals surface area contributed by atoms with Gasteiger partial charge in [0.05, 0.1) is 11.7 Å². The molecule has 110 valence electrons. The van der Waals surface area contributed by atoms with Crippen molar-refractivity contribution >= 4 is 26.9 Å². The van der Waals surface area contributed by atoms with E-state index in [1.165, 1.54) is 0 Å². The van der Waals surface area contributed by atoms with Crippen molar-refractivity contribution < 1.29 is 4.79 Å². The fourth-order valence-electron chi connectivity index (χ4n) is 2.20. The Labute approximate surface area is 139 Å². The predicted molar refractivity (Wildman–Crippen MR) is 96.8 cm³/mol. The van der Waals surface area contributed by atoms with Crippen molar-refractivity contribution in [1.82, 2.24) is 5.32 Å². The number of amides is 1. The maximum absolute atomic E-state index is 12.5. The second kappa shape index (κ2) is 7.26. The van der Waals surface area contributed by atoms with E-state index in [1.807, 2.05) is 72.8 Å². The van der Waals surface area contributed by atoms with Gasteiger partial charge in [-0.2, -0.15) is 0 Å². The zero-order chi connectivity index (χ0) is 15.2. The zero-order valence-corrected chi connectivity index (χ0v) is 14.0. The first-order chi connectivity index (χ1) is 10.8. The summed E-state index contributed by atoms with van der Waals surface area (Å²) in [4.78, 5) is 12.5. The number of hydrogen-bond donors (Lipinski definition) is 1. The lowest BCUT2D eigenvalue weighted by Gasteiger charge is -2.20. The van der Waals surface area contributed by atoms with Gasteiger partial charge in [-0.05, 0) is 27.9 Å². The molecule has 0 fully saturated rings. The molecule has 1 aliphatic rings. The highest BCUT2D eigenvalue weighted by Gasteiger charge is 2.19. The molecule has 0 spiro atoms. The predicted octanol–water partition coefficient (Wildman–Crippen LogP) is 4.72. The van der Waals surface area contributed by atoms with Gasteiger partial charge in [-0.15, -0.1) is 0 Å². The average molecular weight is 402 g/mol. The van der Waals surface area contributed by atoms with Crippen molar-refractivity contribution in [2.45, 2.75) is 6.04 Å². The molecular weight excluding hydrogens is 387 g/mol. The van der Waals surface area contributed by atoms with Crippen LogP contribution >= 0.6 is 21.0 Å². The zero-order valence-electron chi connectivity index (χ0n) is 11.8. The summed E-state index contributed by atoms with van der Waals surface area (Å²) in [6.07, 6.45) is 4.01. The van der Waals surface area contributed by atoms with Crippen LogP contribution in [0.5, 0.6) is 0 Å². The minimum absolute atomic E-state index is 0.0849. The molecule has 4 heteroatoms. The highest BCUT2D eigenvalue weighted by Crippen LogP contribution is 2.28. The summed E-state index contributed by atoms with van der Waals surface area (Å²) in [5.41, 5.74) is 2.62. The molecule has 3 nitrogen and oxygen atoms in total. The fourth-order valence-corrected chi connectivity index (χ4v) is 3.52. The van der Waals surface area contributed by atoms with Gasteiger partial charge in [-0.1, -0.05) is 54.6 Å². The fraction of sp³-hybridized carbons (Fsp3) is 0.0556. The Kier molecular flexibility index (Phi) is 4.90. The van der Waals surface area contributed by atoms with Crippen LogP contribution in [0.2, 0.25) is 0 Å². The SMILES string of the molecule is O=C(N[C@H](C1=CC=CI=N1)c1ccccc1)c1ccccc1. The summed E-state index contributed by atoms with van der Waals surface area (Å²) >= 11 is -0.307. The molecule has 0 radical (unpaired) electrons. The lowest BCUT2D eigenvalue weighted by atomic mass is 10.0. The molecule has 0 unspecified atom stereocenters. The van der Waals surface area contributed by atoms with E-state index < -0.39 is 0 Å². The van der Waals surface area contributed by atoms with Crippen molar-refractivity contribution in [3.05, 3.63) is 93.7 Å². The van der Waals surface area contributed by atoms with Gasteiger partial charge in [-0.25, -0.2) is 3.15 Å². The number of carbonyl (C=O) groups excluding carboxylic acids is 1. The van der Waals surface area contributed by atoms with E-state index in [9.17, 15) is 4.79 Å². The molecule has 2 aromatic carbocycles. The summed E-state index contributed by atoms with van der Waals surface area (Å²) in [6, 6.07) is 19.0. The van der Waals surface area contributed by atoms with Crippen molar-refractivity contribution in [3.8, 4) is 0 Å². The van der Waals surface area contributed by atoms with Gasteiger partial charge in [0.25, 0.3) is 5.91 Å². The Hall–Kier alpha value is -2.08. The molecule has 1 heterocycles. The van der Waals surface area contributed by atoms with Crippen molar-refractivity contribution in [3.63, 3.8) is 0 Å². The summed E-state index contributed by atoms with van der Waals surface area (Å²) < 4.78 is 6.72. The maximum atomic E-state index is 12.5. The summed E-state index contributed by atoms with van der Waals surface area (Å²) in [7, 11) is 0. The number of nitrogens with zero attached hydrogens (tertiary/aromatic N) is 1. The van der Waals surface area contributed by atoms with Gasteiger partial charge in [0.2, 0.25) is 0 Å². The number of benzene rings is 2. The minimum Gasteiger partial charge on any atom is -0.340 e. The van der Waals surface area contributed by atoms with Crippen molar-refractivity contribution in [1.29, 1.82) is 0 Å². The lowest BCUT2D eigenvalue weighted by molar-refractivity contribution is 0.0942. The van der Waals surface area contributed by atoms with E-state index in [2.05, 4.69) is 12.5 Å². The summed E-state index contributed by atoms with van der Waals surface area (Å²) in [6.45, 7) is 0. The van der Waals surface area contributed by atoms with Gasteiger partial charge in [0.1, 0.15) is 0 Å². The molecule has 0 aliphatic carbocycles. The largest absolute Gasteiger partial charge is 0.340 e. The van der Waals surface area contributed by atoms with E-state index in [-0.39, 0.29) is 33.0 Å². The van der Waals surface area contributed by atoms with Gasteiger partial charge in [0, 0.05) is 26.6 Å². The van der Waals surface area contributed by atoms with Gasteiger partial charge < -0.3 is 5.32 Å². The van der Waals surface area contributed by atoms with Crippen LogP contribution in [0, 0.1) is 0 Å². The Bertz CT molecular complexity index is 736. The number of rotatable bonds is 4. The smallest absolute Gasteiger partial charge is 0.252 e. The molecule has 3 rings (SSSR count). The molecule has 1 N–H and O–H groups in total. The first-order valence-electron chi connectivity index (χ1n) is 6.96. The van der Waals surface area contributed by atoms with Crippen LogP contribution in [-0.2, 0) is 0 Å². The van der Waals surface area contributed by atoms with Crippen LogP contribution in [0.4, 0.5) is 0 Å². The van der Waals surface area contributed by atoms with Crippen LogP contribution in [-0.4, -0.2) is 5.91 Å². The number of nitrogens with one attached hydrogen (secondary N) is 1. The Morgan fingerprint density at radius 1 is 1.00 bits per heavy atom. The number of carbonyl (C=O) groups is 1. The molecule has 0 bridgehead atoms. The van der Waals surface area contributed by atoms with Crippen LogP contribution in [0.3, 0.4) is 0 Å². The molecule has 1 aliphatic heterocycles. The summed E-state index contributed by atoms with van der Waals surface area (Å²) in [5.74, 6) is -0.0849. The van der Waals surface area contributed by atoms with Crippen molar-refractivity contribution in [2.75, 3.05) is 0 Å². The highest BCUT2D eigenvalue weighted by atomic mass is 127. The van der Waals surface area contributed by atoms with Gasteiger partial charge in [0.15, 0.2) is 0 Å². The second-order valence-electron chi connectivity index (χ2n) is 4.78. The standard InChI is InChI=1S/C18H15IN2O/c22-18(15-10-5-2-6-11-15)20-17(14-8-3-1-4-9-14)16-12-7-13-19-21-16/h1-13,17H,(H,20,22)/t17-/m0/s1. The van der Waals surface area contributed by atoms with Gasteiger partial charge >= 0.3 is 0 Å². The third-order valence-corrected chi connectivity index (χ3v) is 4.85. The van der Waals surface area contributed by atoms with E-state index in [1.54, 1.807) is 0 Å². The molecule has 1 atom stereocenters. The third kappa shape index (κ3) is 3.57. The van der Waals surface area contributed by atoms with Crippen LogP contribution < -0.4 is 5.32 Å². The topological polar surface area (TPSA) is 41.5 Å². The summed E-state index contributed by atoms with van der Waals surface area (Å²) in [5, 5.41) is 3.10. The van der Waals surface area contributed by atoms with E-state index in [0.717, 1.165) is 11.3 Å². The second-order valence-corrected chi connectivity index (χ2v) is 6.53. The Morgan fingerprint density at radius 3 is 2.32 bits per heavy atom.